The number of halogens is 1. The van der Waals surface area contributed by atoms with Gasteiger partial charge >= 0.3 is 0 Å². The van der Waals surface area contributed by atoms with Crippen LogP contribution in [0.15, 0.2) is 83.8 Å². The molecule has 0 radical (unpaired) electrons. The Balaban J connectivity index is 1.59. The van der Waals surface area contributed by atoms with Crippen LogP contribution in [0.25, 0.3) is 0 Å². The molecule has 5 nitrogen and oxygen atoms in total. The SMILES string of the molecule is CN(CCCc1ccccc1)C(=O)c1ccc(S(=O)(=O)Nc2ccc(Cl)cc2)cc1. The molecule has 3 rings (SSSR count). The fraction of sp³-hybridized carbons (Fsp3) is 0.174. The normalized spacial score (nSPS) is 11.1. The topological polar surface area (TPSA) is 66.5 Å². The van der Waals surface area contributed by atoms with Crippen molar-refractivity contribution < 1.29 is 13.2 Å². The number of hydrogen-bond acceptors (Lipinski definition) is 3. The van der Waals surface area contributed by atoms with Crippen LogP contribution in [0.4, 0.5) is 5.69 Å². The Hall–Kier alpha value is -2.83. The lowest BCUT2D eigenvalue weighted by Gasteiger charge is -2.17. The first kappa shape index (κ1) is 21.9. The van der Waals surface area contributed by atoms with Gasteiger partial charge in [0.15, 0.2) is 0 Å². The molecule has 0 aromatic heterocycles. The van der Waals surface area contributed by atoms with Gasteiger partial charge in [0.25, 0.3) is 15.9 Å². The summed E-state index contributed by atoms with van der Waals surface area (Å²) in [6.07, 6.45) is 1.75. The Bertz CT molecular complexity index is 1080. The number of amides is 1. The number of anilines is 1. The number of sulfonamides is 1. The number of nitrogens with one attached hydrogen (secondary N) is 1. The van der Waals surface area contributed by atoms with Crippen molar-refractivity contribution in [3.63, 3.8) is 0 Å². The zero-order valence-corrected chi connectivity index (χ0v) is 18.2. The van der Waals surface area contributed by atoms with Gasteiger partial charge in [0, 0.05) is 29.9 Å². The van der Waals surface area contributed by atoms with E-state index in [0.717, 1.165) is 12.8 Å². The van der Waals surface area contributed by atoms with E-state index in [2.05, 4.69) is 16.9 Å². The van der Waals surface area contributed by atoms with Gasteiger partial charge in [-0.25, -0.2) is 8.42 Å². The molecule has 0 fully saturated rings. The van der Waals surface area contributed by atoms with Gasteiger partial charge in [0.1, 0.15) is 0 Å². The summed E-state index contributed by atoms with van der Waals surface area (Å²) in [6.45, 7) is 0.617. The van der Waals surface area contributed by atoms with Gasteiger partial charge in [-0.05, 0) is 66.9 Å². The first-order chi connectivity index (χ1) is 14.3. The van der Waals surface area contributed by atoms with Gasteiger partial charge in [-0.3, -0.25) is 9.52 Å². The lowest BCUT2D eigenvalue weighted by molar-refractivity contribution is 0.0793. The fourth-order valence-corrected chi connectivity index (χ4v) is 4.18. The molecule has 3 aromatic rings. The van der Waals surface area contributed by atoms with Crippen molar-refractivity contribution in [2.75, 3.05) is 18.3 Å². The Labute approximate surface area is 182 Å². The minimum Gasteiger partial charge on any atom is -0.342 e. The number of hydrogen-bond donors (Lipinski definition) is 1. The van der Waals surface area contributed by atoms with E-state index in [1.807, 2.05) is 18.2 Å². The zero-order valence-electron chi connectivity index (χ0n) is 16.6. The number of aryl methyl sites for hydroxylation is 1. The highest BCUT2D eigenvalue weighted by atomic mass is 35.5. The summed E-state index contributed by atoms with van der Waals surface area (Å²) in [7, 11) is -2.00. The standard InChI is InChI=1S/C23H23ClN2O3S/c1-26(17-5-8-18-6-3-2-4-7-18)23(27)19-9-15-22(16-10-19)30(28,29)25-21-13-11-20(24)12-14-21/h2-4,6-7,9-16,25H,5,8,17H2,1H3. The van der Waals surface area contributed by atoms with E-state index in [-0.39, 0.29) is 10.8 Å². The molecule has 0 aliphatic rings. The van der Waals surface area contributed by atoms with E-state index in [9.17, 15) is 13.2 Å². The molecule has 0 saturated carbocycles. The van der Waals surface area contributed by atoms with Crippen LogP contribution in [0.3, 0.4) is 0 Å². The predicted molar refractivity (Wildman–Crippen MR) is 120 cm³/mol. The Morgan fingerprint density at radius 2 is 1.57 bits per heavy atom. The van der Waals surface area contributed by atoms with E-state index in [0.29, 0.717) is 22.8 Å². The van der Waals surface area contributed by atoms with Crippen LogP contribution in [0, 0.1) is 0 Å². The van der Waals surface area contributed by atoms with E-state index < -0.39 is 10.0 Å². The molecule has 0 unspecified atom stereocenters. The second kappa shape index (κ2) is 9.78. The molecule has 0 spiro atoms. The molecular formula is C23H23ClN2O3S. The zero-order chi connectivity index (χ0) is 21.6. The highest BCUT2D eigenvalue weighted by Crippen LogP contribution is 2.19. The summed E-state index contributed by atoms with van der Waals surface area (Å²) < 4.78 is 27.6. The third kappa shape index (κ3) is 5.84. The van der Waals surface area contributed by atoms with Crippen molar-refractivity contribution in [2.24, 2.45) is 0 Å². The highest BCUT2D eigenvalue weighted by Gasteiger charge is 2.17. The summed E-state index contributed by atoms with van der Waals surface area (Å²) in [6, 6.07) is 22.4. The van der Waals surface area contributed by atoms with Crippen LogP contribution in [-0.2, 0) is 16.4 Å². The minimum absolute atomic E-state index is 0.0840. The molecule has 7 heteroatoms. The summed E-state index contributed by atoms with van der Waals surface area (Å²) in [5.74, 6) is -0.141. The first-order valence-corrected chi connectivity index (χ1v) is 11.4. The monoisotopic (exact) mass is 442 g/mol. The summed E-state index contributed by atoms with van der Waals surface area (Å²) in [5, 5.41) is 0.522. The van der Waals surface area contributed by atoms with Crippen LogP contribution in [0.1, 0.15) is 22.3 Å². The number of carbonyl (C=O) groups is 1. The average Bonchev–Trinajstić information content (AvgIpc) is 2.75. The van der Waals surface area contributed by atoms with Gasteiger partial charge in [-0.15, -0.1) is 0 Å². The Morgan fingerprint density at radius 1 is 0.933 bits per heavy atom. The molecule has 3 aromatic carbocycles. The molecule has 1 N–H and O–H groups in total. The molecule has 156 valence electrons. The second-order valence-corrected chi connectivity index (χ2v) is 9.07. The van der Waals surface area contributed by atoms with Crippen molar-refractivity contribution in [3.05, 3.63) is 95.0 Å². The number of benzene rings is 3. The number of carbonyl (C=O) groups excluding carboxylic acids is 1. The fourth-order valence-electron chi connectivity index (χ4n) is 3.00. The molecule has 0 saturated heterocycles. The maximum Gasteiger partial charge on any atom is 0.261 e. The molecule has 0 bridgehead atoms. The Kier molecular flexibility index (Phi) is 7.13. The molecule has 0 aliphatic carbocycles. The number of rotatable bonds is 8. The van der Waals surface area contributed by atoms with E-state index >= 15 is 0 Å². The third-order valence-electron chi connectivity index (χ3n) is 4.66. The van der Waals surface area contributed by atoms with Crippen molar-refractivity contribution in [2.45, 2.75) is 17.7 Å². The molecular weight excluding hydrogens is 420 g/mol. The largest absolute Gasteiger partial charge is 0.342 e. The third-order valence-corrected chi connectivity index (χ3v) is 6.31. The summed E-state index contributed by atoms with van der Waals surface area (Å²) in [5.41, 5.74) is 2.10. The first-order valence-electron chi connectivity index (χ1n) is 9.53. The van der Waals surface area contributed by atoms with E-state index in [1.165, 1.54) is 29.8 Å². The van der Waals surface area contributed by atoms with Crippen LogP contribution in [0.2, 0.25) is 5.02 Å². The lowest BCUT2D eigenvalue weighted by atomic mass is 10.1. The molecule has 0 heterocycles. The number of nitrogens with zero attached hydrogens (tertiary/aromatic N) is 1. The molecule has 1 amide bonds. The van der Waals surface area contributed by atoms with Crippen LogP contribution >= 0.6 is 11.6 Å². The summed E-state index contributed by atoms with van der Waals surface area (Å²) >= 11 is 5.82. The maximum absolute atomic E-state index is 12.6. The van der Waals surface area contributed by atoms with Crippen molar-refractivity contribution in [1.82, 2.24) is 4.90 Å². The van der Waals surface area contributed by atoms with Gasteiger partial charge in [-0.2, -0.15) is 0 Å². The minimum atomic E-state index is -3.75. The highest BCUT2D eigenvalue weighted by molar-refractivity contribution is 7.92. The quantitative estimate of drug-likeness (QED) is 0.542. The molecule has 0 atom stereocenters. The second-order valence-electron chi connectivity index (χ2n) is 6.95. The van der Waals surface area contributed by atoms with Crippen molar-refractivity contribution in [3.8, 4) is 0 Å². The summed E-state index contributed by atoms with van der Waals surface area (Å²) in [4.78, 5) is 14.4. The lowest BCUT2D eigenvalue weighted by Crippen LogP contribution is -2.28. The van der Waals surface area contributed by atoms with Crippen molar-refractivity contribution in [1.29, 1.82) is 0 Å². The van der Waals surface area contributed by atoms with Gasteiger partial charge in [-0.1, -0.05) is 41.9 Å². The maximum atomic E-state index is 12.6. The average molecular weight is 443 g/mol. The van der Waals surface area contributed by atoms with Gasteiger partial charge in [0.2, 0.25) is 0 Å². The Morgan fingerprint density at radius 3 is 2.20 bits per heavy atom. The van der Waals surface area contributed by atoms with Crippen LogP contribution in [0.5, 0.6) is 0 Å². The van der Waals surface area contributed by atoms with E-state index in [1.54, 1.807) is 36.2 Å². The van der Waals surface area contributed by atoms with E-state index in [4.69, 9.17) is 11.6 Å². The van der Waals surface area contributed by atoms with Crippen LogP contribution < -0.4 is 4.72 Å². The van der Waals surface area contributed by atoms with Gasteiger partial charge < -0.3 is 4.90 Å². The van der Waals surface area contributed by atoms with Crippen LogP contribution in [-0.4, -0.2) is 32.8 Å². The van der Waals surface area contributed by atoms with Crippen molar-refractivity contribution >= 4 is 33.2 Å². The molecule has 30 heavy (non-hydrogen) atoms. The van der Waals surface area contributed by atoms with Gasteiger partial charge in [0.05, 0.1) is 4.90 Å². The molecule has 0 aliphatic heterocycles. The smallest absolute Gasteiger partial charge is 0.261 e. The predicted octanol–water partition coefficient (Wildman–Crippen LogP) is 4.85.